The molecule has 1 saturated heterocycles. The molecule has 2 heterocycles. The first-order chi connectivity index (χ1) is 16.2. The number of fused-ring (bicyclic) bond motifs is 1. The molecule has 10 heteroatoms. The number of nitrogens with zero attached hydrogens (tertiary/aromatic N) is 1. The van der Waals surface area contributed by atoms with E-state index < -0.39 is 38.9 Å². The molecule has 0 amide bonds. The van der Waals surface area contributed by atoms with Gasteiger partial charge in [0.25, 0.3) is 0 Å². The van der Waals surface area contributed by atoms with E-state index in [0.717, 1.165) is 6.07 Å². The summed E-state index contributed by atoms with van der Waals surface area (Å²) >= 11 is 0. The molecule has 1 N–H and O–H groups in total. The molecule has 1 aliphatic heterocycles. The van der Waals surface area contributed by atoms with Crippen LogP contribution in [0.25, 0.3) is 22.0 Å². The molecule has 3 aromatic rings. The molecular formula is C25H28F4N2O3S. The molecular weight excluding hydrogens is 484 g/mol. The van der Waals surface area contributed by atoms with E-state index in [0.29, 0.717) is 23.0 Å². The molecule has 1 atom stereocenters. The zero-order valence-electron chi connectivity index (χ0n) is 19.9. The van der Waals surface area contributed by atoms with Crippen LogP contribution in [-0.4, -0.2) is 31.4 Å². The second-order valence-electron chi connectivity index (χ2n) is 10.2. The first-order valence-corrected chi connectivity index (χ1v) is 12.8. The number of benzene rings is 2. The molecule has 5 nitrogen and oxygen atoms in total. The van der Waals surface area contributed by atoms with E-state index in [4.69, 9.17) is 4.74 Å². The van der Waals surface area contributed by atoms with Crippen LogP contribution in [0, 0.1) is 11.2 Å². The molecule has 0 unspecified atom stereocenters. The number of alkyl halides is 3. The van der Waals surface area contributed by atoms with E-state index >= 15 is 4.39 Å². The highest BCUT2D eigenvalue weighted by molar-refractivity contribution is 7.90. The minimum atomic E-state index is -4.64. The van der Waals surface area contributed by atoms with E-state index in [1.165, 1.54) is 30.3 Å². The van der Waals surface area contributed by atoms with Gasteiger partial charge in [0.2, 0.25) is 10.0 Å². The summed E-state index contributed by atoms with van der Waals surface area (Å²) in [5.74, 6) is -0.814. The van der Waals surface area contributed by atoms with Gasteiger partial charge in [0, 0.05) is 35.2 Å². The Labute approximate surface area is 202 Å². The second-order valence-corrected chi connectivity index (χ2v) is 12.2. The molecule has 0 radical (unpaired) electrons. The molecule has 0 saturated carbocycles. The van der Waals surface area contributed by atoms with Crippen molar-refractivity contribution in [1.29, 1.82) is 0 Å². The number of nitrogens with one attached hydrogen (secondary N) is 1. The van der Waals surface area contributed by atoms with Gasteiger partial charge in [-0.3, -0.25) is 0 Å². The van der Waals surface area contributed by atoms with Gasteiger partial charge in [-0.1, -0.05) is 39.0 Å². The molecule has 0 spiro atoms. The van der Waals surface area contributed by atoms with Crippen molar-refractivity contribution in [2.75, 3.05) is 13.2 Å². The highest BCUT2D eigenvalue weighted by Crippen LogP contribution is 2.40. The summed E-state index contributed by atoms with van der Waals surface area (Å²) in [6, 6.07) is 6.83. The van der Waals surface area contributed by atoms with Crippen molar-refractivity contribution in [2.45, 2.75) is 51.7 Å². The smallest absolute Gasteiger partial charge is 0.378 e. The number of rotatable bonds is 6. The fraction of sp³-hybridized carbons (Fsp3) is 0.440. The number of hydrogen-bond acceptors (Lipinski definition) is 3. The third-order valence-corrected chi connectivity index (χ3v) is 7.85. The van der Waals surface area contributed by atoms with Gasteiger partial charge in [-0.15, -0.1) is 0 Å². The lowest BCUT2D eigenvalue weighted by Crippen LogP contribution is -2.47. The molecule has 0 bridgehead atoms. The van der Waals surface area contributed by atoms with E-state index in [1.54, 1.807) is 13.1 Å². The van der Waals surface area contributed by atoms with Gasteiger partial charge in [0.15, 0.2) is 0 Å². The van der Waals surface area contributed by atoms with Gasteiger partial charge < -0.3 is 9.30 Å². The Morgan fingerprint density at radius 3 is 2.34 bits per heavy atom. The van der Waals surface area contributed by atoms with Crippen LogP contribution in [0.1, 0.15) is 44.9 Å². The van der Waals surface area contributed by atoms with Crippen molar-refractivity contribution < 1.29 is 30.7 Å². The topological polar surface area (TPSA) is 60.3 Å². The summed E-state index contributed by atoms with van der Waals surface area (Å²) in [6.07, 6.45) is -2.89. The molecule has 190 valence electrons. The van der Waals surface area contributed by atoms with Crippen LogP contribution < -0.4 is 4.72 Å². The first kappa shape index (κ1) is 25.7. The Hall–Kier alpha value is -2.43. The van der Waals surface area contributed by atoms with E-state index in [9.17, 15) is 21.6 Å². The Kier molecular flexibility index (Phi) is 6.53. The maximum Gasteiger partial charge on any atom is 0.417 e. The van der Waals surface area contributed by atoms with Crippen LogP contribution in [0.15, 0.2) is 42.6 Å². The Morgan fingerprint density at radius 1 is 1.11 bits per heavy atom. The molecule has 1 aliphatic rings. The van der Waals surface area contributed by atoms with Crippen molar-refractivity contribution in [2.24, 2.45) is 5.41 Å². The average molecular weight is 513 g/mol. The predicted molar refractivity (Wildman–Crippen MR) is 127 cm³/mol. The first-order valence-electron chi connectivity index (χ1n) is 11.2. The molecule has 0 aliphatic carbocycles. The highest BCUT2D eigenvalue weighted by atomic mass is 32.2. The normalized spacial score (nSPS) is 16.5. The monoisotopic (exact) mass is 512 g/mol. The Balaban J connectivity index is 1.87. The number of ether oxygens (including phenoxy) is 1. The van der Waals surface area contributed by atoms with Crippen molar-refractivity contribution in [1.82, 2.24) is 9.29 Å². The van der Waals surface area contributed by atoms with Gasteiger partial charge in [-0.2, -0.15) is 13.2 Å². The van der Waals surface area contributed by atoms with Crippen molar-refractivity contribution in [3.63, 3.8) is 0 Å². The molecule has 1 fully saturated rings. The van der Waals surface area contributed by atoms with Crippen LogP contribution in [0.2, 0.25) is 0 Å². The summed E-state index contributed by atoms with van der Waals surface area (Å²) in [7, 11) is -3.65. The van der Waals surface area contributed by atoms with Crippen LogP contribution in [0.3, 0.4) is 0 Å². The van der Waals surface area contributed by atoms with Crippen LogP contribution >= 0.6 is 0 Å². The van der Waals surface area contributed by atoms with Crippen LogP contribution in [0.5, 0.6) is 0 Å². The van der Waals surface area contributed by atoms with Crippen molar-refractivity contribution in [3.05, 3.63) is 59.5 Å². The third-order valence-electron chi connectivity index (χ3n) is 6.02. The minimum absolute atomic E-state index is 0.116. The standard InChI is InChI=1S/C25H28F4N2O3S/c1-15(30-35(32,33)16-12-34-13-16)20-11-31(14-24(2,3)4)23-10-18(22(26)9-19(20)23)17-7-5-6-8-21(17)25(27,28)29/h5-11,15-16,30H,12-14H2,1-4H3/t15-/m1/s1. The lowest BCUT2D eigenvalue weighted by atomic mass is 9.96. The summed E-state index contributed by atoms with van der Waals surface area (Å²) in [6.45, 7) is 8.40. The largest absolute Gasteiger partial charge is 0.417 e. The zero-order chi connectivity index (χ0) is 25.8. The van der Waals surface area contributed by atoms with Gasteiger partial charge in [0.05, 0.1) is 18.8 Å². The van der Waals surface area contributed by atoms with Gasteiger partial charge in [-0.05, 0) is 41.7 Å². The van der Waals surface area contributed by atoms with Gasteiger partial charge >= 0.3 is 6.18 Å². The van der Waals surface area contributed by atoms with E-state index in [2.05, 4.69) is 4.72 Å². The SMILES string of the molecule is C[C@@H](NS(=O)(=O)C1COC1)c1cn(CC(C)(C)C)c2cc(-c3ccccc3C(F)(F)F)c(F)cc12. The Morgan fingerprint density at radius 2 is 1.77 bits per heavy atom. The fourth-order valence-corrected chi connectivity index (χ4v) is 5.66. The molecule has 1 aromatic heterocycles. The van der Waals surface area contributed by atoms with Crippen molar-refractivity contribution in [3.8, 4) is 11.1 Å². The van der Waals surface area contributed by atoms with Gasteiger partial charge in [-0.25, -0.2) is 17.5 Å². The predicted octanol–water partition coefficient (Wildman–Crippen LogP) is 5.89. The van der Waals surface area contributed by atoms with E-state index in [1.807, 2.05) is 25.3 Å². The number of sulfonamides is 1. The molecule has 4 rings (SSSR count). The Bertz CT molecular complexity index is 1350. The quantitative estimate of drug-likeness (QED) is 0.419. The summed E-state index contributed by atoms with van der Waals surface area (Å²) in [4.78, 5) is 0. The number of hydrogen-bond donors (Lipinski definition) is 1. The highest BCUT2D eigenvalue weighted by Gasteiger charge is 2.35. The van der Waals surface area contributed by atoms with Crippen LogP contribution in [0.4, 0.5) is 17.6 Å². The zero-order valence-corrected chi connectivity index (χ0v) is 20.7. The van der Waals surface area contributed by atoms with Crippen LogP contribution in [-0.2, 0) is 27.5 Å². The summed E-state index contributed by atoms with van der Waals surface area (Å²) in [5.41, 5.74) is -0.457. The fourth-order valence-electron chi connectivity index (χ4n) is 4.30. The second kappa shape index (κ2) is 8.90. The number of halogens is 4. The molecule has 35 heavy (non-hydrogen) atoms. The molecule has 2 aromatic carbocycles. The van der Waals surface area contributed by atoms with E-state index in [-0.39, 0.29) is 29.8 Å². The summed E-state index contributed by atoms with van der Waals surface area (Å²) in [5, 5.41) is -0.199. The average Bonchev–Trinajstić information content (AvgIpc) is 3.00. The maximum absolute atomic E-state index is 15.4. The van der Waals surface area contributed by atoms with Gasteiger partial charge in [0.1, 0.15) is 11.1 Å². The van der Waals surface area contributed by atoms with Crippen molar-refractivity contribution >= 4 is 20.9 Å². The number of aromatic nitrogens is 1. The lowest BCUT2D eigenvalue weighted by molar-refractivity contribution is -0.137. The lowest BCUT2D eigenvalue weighted by Gasteiger charge is -2.27. The minimum Gasteiger partial charge on any atom is -0.378 e. The third kappa shape index (κ3) is 5.24. The maximum atomic E-state index is 15.4. The summed E-state index contributed by atoms with van der Waals surface area (Å²) < 4.78 is 91.0.